The Morgan fingerprint density at radius 1 is 0.449 bits per heavy atom. The van der Waals surface area contributed by atoms with E-state index < -0.39 is 0 Å². The van der Waals surface area contributed by atoms with Crippen molar-refractivity contribution in [3.63, 3.8) is 0 Å². The summed E-state index contributed by atoms with van der Waals surface area (Å²) >= 11 is 0. The maximum absolute atomic E-state index is 13.7. The molecular weight excluding hydrogens is 606 g/mol. The van der Waals surface area contributed by atoms with Gasteiger partial charge in [-0.15, -0.1) is 0 Å². The Bertz CT molecular complexity index is 1290. The van der Waals surface area contributed by atoms with E-state index in [9.17, 15) is 14.4 Å². The molecule has 3 amide bonds. The number of amides is 3. The van der Waals surface area contributed by atoms with Gasteiger partial charge in [-0.3, -0.25) is 14.4 Å². The van der Waals surface area contributed by atoms with Crippen molar-refractivity contribution >= 4 is 17.7 Å². The van der Waals surface area contributed by atoms with E-state index in [2.05, 4.69) is 31.4 Å². The number of unbranched alkanes of at least 4 members (excludes halogenated alkanes) is 9. The first-order valence-corrected chi connectivity index (χ1v) is 19.1. The van der Waals surface area contributed by atoms with Gasteiger partial charge in [0.25, 0.3) is 17.7 Å². The highest BCUT2D eigenvalue weighted by Crippen LogP contribution is 2.14. The van der Waals surface area contributed by atoms with E-state index >= 15 is 0 Å². The minimum Gasteiger partial charge on any atom is -0.350 e. The Hall–Kier alpha value is -3.93. The number of nitrogens with zero attached hydrogens (tertiary/aromatic N) is 1. The SMILES string of the molecule is CCCCCCc1ccc(C(=O)NCCN(CCNC(=O)c2ccc(CCCCCC)cc2)C(=O)c2ccc(CCCCCC)cc2)cc1. The van der Waals surface area contributed by atoms with Gasteiger partial charge < -0.3 is 15.5 Å². The summed E-state index contributed by atoms with van der Waals surface area (Å²) in [7, 11) is 0. The number of hydrogen-bond acceptors (Lipinski definition) is 3. The van der Waals surface area contributed by atoms with Gasteiger partial charge in [-0.05, 0) is 91.6 Å². The van der Waals surface area contributed by atoms with E-state index in [1.807, 2.05) is 72.8 Å². The molecular formula is C43H61N3O3. The van der Waals surface area contributed by atoms with Crippen molar-refractivity contribution < 1.29 is 14.4 Å². The van der Waals surface area contributed by atoms with Gasteiger partial charge in [0.1, 0.15) is 0 Å². The third-order valence-electron chi connectivity index (χ3n) is 9.21. The average molecular weight is 668 g/mol. The summed E-state index contributed by atoms with van der Waals surface area (Å²) in [6.45, 7) is 7.93. The van der Waals surface area contributed by atoms with E-state index in [1.165, 1.54) is 74.5 Å². The molecule has 0 saturated heterocycles. The molecule has 6 heteroatoms. The smallest absolute Gasteiger partial charge is 0.253 e. The number of nitrogens with one attached hydrogen (secondary N) is 2. The van der Waals surface area contributed by atoms with Gasteiger partial charge in [-0.1, -0.05) is 115 Å². The maximum Gasteiger partial charge on any atom is 0.253 e. The number of benzene rings is 3. The molecule has 0 radical (unpaired) electrons. The molecule has 0 heterocycles. The van der Waals surface area contributed by atoms with E-state index in [-0.39, 0.29) is 17.7 Å². The van der Waals surface area contributed by atoms with Gasteiger partial charge in [0.15, 0.2) is 0 Å². The van der Waals surface area contributed by atoms with Crippen molar-refractivity contribution in [1.29, 1.82) is 0 Å². The van der Waals surface area contributed by atoms with Crippen LogP contribution in [0.5, 0.6) is 0 Å². The summed E-state index contributed by atoms with van der Waals surface area (Å²) in [4.78, 5) is 41.3. The number of rotatable bonds is 24. The van der Waals surface area contributed by atoms with Crippen LogP contribution in [0, 0.1) is 0 Å². The van der Waals surface area contributed by atoms with Gasteiger partial charge in [0.2, 0.25) is 0 Å². The molecule has 2 N–H and O–H groups in total. The molecule has 3 aromatic carbocycles. The summed E-state index contributed by atoms with van der Waals surface area (Å²) in [6, 6.07) is 23.5. The highest BCUT2D eigenvalue weighted by molar-refractivity contribution is 5.96. The Morgan fingerprint density at radius 2 is 0.776 bits per heavy atom. The first-order valence-electron chi connectivity index (χ1n) is 19.1. The Balaban J connectivity index is 1.56. The molecule has 3 rings (SSSR count). The first-order chi connectivity index (χ1) is 23.9. The van der Waals surface area contributed by atoms with Gasteiger partial charge in [0.05, 0.1) is 0 Å². The second kappa shape index (κ2) is 23.4. The molecule has 0 fully saturated rings. The molecule has 6 nitrogen and oxygen atoms in total. The van der Waals surface area contributed by atoms with Gasteiger partial charge >= 0.3 is 0 Å². The predicted octanol–water partition coefficient (Wildman–Crippen LogP) is 9.36. The summed E-state index contributed by atoms with van der Waals surface area (Å²) in [5.74, 6) is -0.417. The molecule has 3 aromatic rings. The van der Waals surface area contributed by atoms with Crippen molar-refractivity contribution in [3.05, 3.63) is 106 Å². The topological polar surface area (TPSA) is 78.5 Å². The van der Waals surface area contributed by atoms with Crippen LogP contribution in [0.3, 0.4) is 0 Å². The van der Waals surface area contributed by atoms with Crippen molar-refractivity contribution in [1.82, 2.24) is 15.5 Å². The number of carbonyl (C=O) groups is 3. The van der Waals surface area contributed by atoms with E-state index in [0.29, 0.717) is 42.9 Å². The summed E-state index contributed by atoms with van der Waals surface area (Å²) in [5.41, 5.74) is 5.57. The average Bonchev–Trinajstić information content (AvgIpc) is 3.13. The summed E-state index contributed by atoms with van der Waals surface area (Å²) in [6.07, 6.45) is 17.6. The predicted molar refractivity (Wildman–Crippen MR) is 203 cm³/mol. The fraction of sp³-hybridized carbons (Fsp3) is 0.512. The van der Waals surface area contributed by atoms with Gasteiger partial charge in [-0.2, -0.15) is 0 Å². The van der Waals surface area contributed by atoms with Crippen LogP contribution in [0.4, 0.5) is 0 Å². The molecule has 0 aliphatic carbocycles. The van der Waals surface area contributed by atoms with Crippen LogP contribution in [0.25, 0.3) is 0 Å². The molecule has 0 unspecified atom stereocenters. The molecule has 0 aliphatic heterocycles. The zero-order valence-corrected chi connectivity index (χ0v) is 30.5. The molecule has 49 heavy (non-hydrogen) atoms. The van der Waals surface area contributed by atoms with Crippen molar-refractivity contribution in [2.45, 2.75) is 117 Å². The normalized spacial score (nSPS) is 10.9. The van der Waals surface area contributed by atoms with Crippen molar-refractivity contribution in [3.8, 4) is 0 Å². The van der Waals surface area contributed by atoms with Crippen LogP contribution in [0.15, 0.2) is 72.8 Å². The lowest BCUT2D eigenvalue weighted by atomic mass is 10.0. The minimum atomic E-state index is -0.153. The van der Waals surface area contributed by atoms with Crippen molar-refractivity contribution in [2.75, 3.05) is 26.2 Å². The van der Waals surface area contributed by atoms with Crippen LogP contribution in [-0.4, -0.2) is 48.8 Å². The summed E-state index contributed by atoms with van der Waals surface area (Å²) < 4.78 is 0. The largest absolute Gasteiger partial charge is 0.350 e. The monoisotopic (exact) mass is 667 g/mol. The van der Waals surface area contributed by atoms with Crippen LogP contribution in [0.2, 0.25) is 0 Å². The molecule has 0 spiro atoms. The number of carbonyl (C=O) groups excluding carboxylic acids is 3. The zero-order valence-electron chi connectivity index (χ0n) is 30.5. The van der Waals surface area contributed by atoms with Crippen molar-refractivity contribution in [2.24, 2.45) is 0 Å². The van der Waals surface area contributed by atoms with Crippen LogP contribution >= 0.6 is 0 Å². The highest BCUT2D eigenvalue weighted by Gasteiger charge is 2.17. The molecule has 0 saturated carbocycles. The van der Waals surface area contributed by atoms with Crippen LogP contribution in [0.1, 0.15) is 146 Å². The molecule has 0 atom stereocenters. The molecule has 0 aromatic heterocycles. The lowest BCUT2D eigenvalue weighted by molar-refractivity contribution is 0.0743. The lowest BCUT2D eigenvalue weighted by Crippen LogP contribution is -2.42. The van der Waals surface area contributed by atoms with E-state index in [4.69, 9.17) is 0 Å². The van der Waals surface area contributed by atoms with Crippen LogP contribution < -0.4 is 10.6 Å². The van der Waals surface area contributed by atoms with E-state index in [0.717, 1.165) is 38.5 Å². The van der Waals surface area contributed by atoms with Gasteiger partial charge in [0, 0.05) is 42.9 Å². The standard InChI is InChI=1S/C43H61N3O3/c1-4-7-10-13-16-35-19-25-38(26-20-35)41(47)44-31-33-46(43(49)40-29-23-37(24-30-40)18-15-12-9-6-3)34-32-45-42(48)39-27-21-36(22-28-39)17-14-11-8-5-2/h19-30H,4-18,31-34H2,1-3H3,(H,44,47)(H,45,48). The molecule has 0 aliphatic rings. The first kappa shape index (κ1) is 39.5. The fourth-order valence-electron chi connectivity index (χ4n) is 6.04. The minimum absolute atomic E-state index is 0.110. The second-order valence-electron chi connectivity index (χ2n) is 13.3. The molecule has 0 bridgehead atoms. The van der Waals surface area contributed by atoms with Gasteiger partial charge in [-0.25, -0.2) is 0 Å². The fourth-order valence-corrected chi connectivity index (χ4v) is 6.04. The third-order valence-corrected chi connectivity index (χ3v) is 9.21. The summed E-state index contributed by atoms with van der Waals surface area (Å²) in [5, 5.41) is 5.98. The van der Waals surface area contributed by atoms with E-state index in [1.54, 1.807) is 4.90 Å². The van der Waals surface area contributed by atoms with Crippen LogP contribution in [-0.2, 0) is 19.3 Å². The molecule has 266 valence electrons. The zero-order chi connectivity index (χ0) is 35.1. The third kappa shape index (κ3) is 15.0. The maximum atomic E-state index is 13.7. The Labute approximate surface area is 296 Å². The lowest BCUT2D eigenvalue weighted by Gasteiger charge is -2.23. The highest BCUT2D eigenvalue weighted by atomic mass is 16.2. The number of hydrogen-bond donors (Lipinski definition) is 2. The quantitative estimate of drug-likeness (QED) is 0.0935. The Morgan fingerprint density at radius 3 is 1.10 bits per heavy atom. The number of aryl methyl sites for hydroxylation is 3. The Kier molecular flexibility index (Phi) is 18.9. The second-order valence-corrected chi connectivity index (χ2v) is 13.3.